The van der Waals surface area contributed by atoms with E-state index in [-0.39, 0.29) is 17.1 Å². The normalized spacial score (nSPS) is 26.6. The topological polar surface area (TPSA) is 66.7 Å². The maximum atomic E-state index is 11.6. The second-order valence-corrected chi connectivity index (χ2v) is 7.44. The van der Waals surface area contributed by atoms with Crippen molar-refractivity contribution >= 4 is 14.9 Å². The van der Waals surface area contributed by atoms with Crippen LogP contribution in [0.3, 0.4) is 0 Å². The minimum atomic E-state index is -3.35. The molecule has 0 aromatic carbocycles. The fourth-order valence-electron chi connectivity index (χ4n) is 1.60. The number of aliphatic hydroxyl groups excluding tert-OH is 1. The predicted molar refractivity (Wildman–Crippen MR) is 65.3 cm³/mol. The molecule has 0 aromatic heterocycles. The average molecular weight is 245 g/mol. The molecule has 0 aromatic rings. The Kier molecular flexibility index (Phi) is 3.07. The predicted octanol–water partition coefficient (Wildman–Crippen LogP) is 1.17. The lowest BCUT2D eigenvalue weighted by atomic mass is 9.85. The minimum Gasteiger partial charge on any atom is -0.394 e. The highest BCUT2D eigenvalue weighted by atomic mass is 32.2. The fourth-order valence-corrected chi connectivity index (χ4v) is 2.74. The van der Waals surface area contributed by atoms with Crippen molar-refractivity contribution in [2.45, 2.75) is 33.2 Å². The number of rotatable bonds is 1. The van der Waals surface area contributed by atoms with Gasteiger partial charge < -0.3 is 5.11 Å². The highest BCUT2D eigenvalue weighted by molar-refractivity contribution is 8.06. The minimum absolute atomic E-state index is 0.108. The first-order valence-electron chi connectivity index (χ1n) is 5.14. The van der Waals surface area contributed by atoms with E-state index in [1.807, 2.05) is 20.8 Å². The van der Waals surface area contributed by atoms with E-state index >= 15 is 0 Å². The Labute approximate surface area is 97.0 Å². The van der Waals surface area contributed by atoms with Crippen molar-refractivity contribution in [2.75, 3.05) is 12.9 Å². The van der Waals surface area contributed by atoms with Crippen LogP contribution in [0.5, 0.6) is 0 Å². The van der Waals surface area contributed by atoms with E-state index in [0.29, 0.717) is 5.57 Å². The van der Waals surface area contributed by atoms with Gasteiger partial charge in [-0.05, 0) is 24.0 Å². The van der Waals surface area contributed by atoms with E-state index in [0.717, 1.165) is 6.26 Å². The number of hydrogen-bond donors (Lipinski definition) is 1. The molecule has 0 fully saturated rings. The number of sulfone groups is 1. The summed E-state index contributed by atoms with van der Waals surface area (Å²) < 4.78 is 23.3. The van der Waals surface area contributed by atoms with Crippen molar-refractivity contribution in [2.24, 2.45) is 10.4 Å². The van der Waals surface area contributed by atoms with Gasteiger partial charge in [0, 0.05) is 6.26 Å². The SMILES string of the molecule is CC1(CO)C=C(C(C)(C)C)C(S(C)(=O)=O)=N1. The van der Waals surface area contributed by atoms with Crippen molar-refractivity contribution in [1.29, 1.82) is 0 Å². The Bertz CT molecular complexity index is 454. The van der Waals surface area contributed by atoms with Crippen LogP contribution < -0.4 is 0 Å². The van der Waals surface area contributed by atoms with E-state index in [2.05, 4.69) is 4.99 Å². The van der Waals surface area contributed by atoms with Gasteiger partial charge in [0.05, 0.1) is 6.61 Å². The van der Waals surface area contributed by atoms with Crippen molar-refractivity contribution in [3.05, 3.63) is 11.6 Å². The molecule has 1 heterocycles. The Morgan fingerprint density at radius 2 is 1.94 bits per heavy atom. The number of aliphatic imine (C=N–C) groups is 1. The highest BCUT2D eigenvalue weighted by Gasteiger charge is 2.38. The first-order chi connectivity index (χ1) is 6.99. The highest BCUT2D eigenvalue weighted by Crippen LogP contribution is 2.36. The molecule has 0 bridgehead atoms. The Morgan fingerprint density at radius 1 is 1.44 bits per heavy atom. The van der Waals surface area contributed by atoms with Crippen LogP contribution in [0.15, 0.2) is 16.6 Å². The Hall–Kier alpha value is -0.680. The number of nitrogens with zero attached hydrogens (tertiary/aromatic N) is 1. The second kappa shape index (κ2) is 3.67. The summed E-state index contributed by atoms with van der Waals surface area (Å²) in [4.78, 5) is 4.14. The summed E-state index contributed by atoms with van der Waals surface area (Å²) in [6.45, 7) is 7.33. The molecule has 0 spiro atoms. The standard InChI is InChI=1S/C11H19NO3S/c1-10(2,3)8-6-11(4,7-13)12-9(8)16(5,14)15/h6,13H,7H2,1-5H3. The molecule has 4 nitrogen and oxygen atoms in total. The fraction of sp³-hybridized carbons (Fsp3) is 0.727. The molecule has 16 heavy (non-hydrogen) atoms. The quantitative estimate of drug-likeness (QED) is 0.754. The third kappa shape index (κ3) is 2.52. The van der Waals surface area contributed by atoms with E-state index in [1.54, 1.807) is 13.0 Å². The van der Waals surface area contributed by atoms with Gasteiger partial charge in [-0.25, -0.2) is 8.42 Å². The molecule has 1 aliphatic rings. The molecule has 1 unspecified atom stereocenters. The molecule has 1 N–H and O–H groups in total. The molecule has 0 saturated carbocycles. The van der Waals surface area contributed by atoms with Gasteiger partial charge in [0.25, 0.3) is 0 Å². The van der Waals surface area contributed by atoms with Gasteiger partial charge in [0.2, 0.25) is 0 Å². The maximum Gasteiger partial charge on any atom is 0.192 e. The first kappa shape index (κ1) is 13.4. The van der Waals surface area contributed by atoms with E-state index in [1.165, 1.54) is 0 Å². The van der Waals surface area contributed by atoms with Gasteiger partial charge in [-0.2, -0.15) is 0 Å². The maximum absolute atomic E-state index is 11.6. The van der Waals surface area contributed by atoms with Gasteiger partial charge in [-0.1, -0.05) is 20.8 Å². The second-order valence-electron chi connectivity index (χ2n) is 5.51. The molecule has 0 saturated heterocycles. The molecular weight excluding hydrogens is 226 g/mol. The Morgan fingerprint density at radius 3 is 2.19 bits per heavy atom. The molecule has 0 aliphatic carbocycles. The van der Waals surface area contributed by atoms with E-state index < -0.39 is 15.4 Å². The molecule has 5 heteroatoms. The first-order valence-corrected chi connectivity index (χ1v) is 7.03. The van der Waals surface area contributed by atoms with Gasteiger partial charge >= 0.3 is 0 Å². The summed E-state index contributed by atoms with van der Waals surface area (Å²) >= 11 is 0. The van der Waals surface area contributed by atoms with Gasteiger partial charge in [-0.15, -0.1) is 0 Å². The smallest absolute Gasteiger partial charge is 0.192 e. The van der Waals surface area contributed by atoms with Crippen molar-refractivity contribution in [3.63, 3.8) is 0 Å². The van der Waals surface area contributed by atoms with Gasteiger partial charge in [-0.3, -0.25) is 4.99 Å². The van der Waals surface area contributed by atoms with Crippen LogP contribution in [-0.4, -0.2) is 37.0 Å². The van der Waals surface area contributed by atoms with Crippen LogP contribution in [0.2, 0.25) is 0 Å². The largest absolute Gasteiger partial charge is 0.394 e. The summed E-state index contributed by atoms with van der Waals surface area (Å²) in [7, 11) is -3.35. The van der Waals surface area contributed by atoms with Crippen molar-refractivity contribution in [1.82, 2.24) is 0 Å². The molecule has 0 radical (unpaired) electrons. The zero-order valence-corrected chi connectivity index (χ0v) is 11.2. The van der Waals surface area contributed by atoms with Crippen LogP contribution in [0, 0.1) is 5.41 Å². The molecule has 1 rings (SSSR count). The van der Waals surface area contributed by atoms with Crippen LogP contribution in [0.1, 0.15) is 27.7 Å². The lowest BCUT2D eigenvalue weighted by Gasteiger charge is -2.21. The van der Waals surface area contributed by atoms with Crippen LogP contribution in [-0.2, 0) is 9.84 Å². The van der Waals surface area contributed by atoms with Gasteiger partial charge in [0.15, 0.2) is 14.9 Å². The van der Waals surface area contributed by atoms with E-state index in [4.69, 9.17) is 0 Å². The molecule has 1 aliphatic heterocycles. The summed E-state index contributed by atoms with van der Waals surface area (Å²) in [6.07, 6.45) is 2.90. The lowest BCUT2D eigenvalue weighted by molar-refractivity contribution is 0.241. The lowest BCUT2D eigenvalue weighted by Crippen LogP contribution is -2.23. The zero-order chi connectivity index (χ0) is 12.8. The molecule has 1 atom stereocenters. The Balaban J connectivity index is 3.39. The summed E-state index contributed by atoms with van der Waals surface area (Å²) in [5.74, 6) is 0. The van der Waals surface area contributed by atoms with Gasteiger partial charge in [0.1, 0.15) is 5.54 Å². The zero-order valence-electron chi connectivity index (χ0n) is 10.4. The summed E-state index contributed by atoms with van der Waals surface area (Å²) in [5.41, 5.74) is -0.415. The molecular formula is C11H19NO3S. The van der Waals surface area contributed by atoms with Crippen LogP contribution in [0.4, 0.5) is 0 Å². The van der Waals surface area contributed by atoms with Crippen LogP contribution >= 0.6 is 0 Å². The molecule has 0 amide bonds. The van der Waals surface area contributed by atoms with Crippen LogP contribution in [0.25, 0.3) is 0 Å². The third-order valence-electron chi connectivity index (χ3n) is 2.52. The van der Waals surface area contributed by atoms with E-state index in [9.17, 15) is 13.5 Å². The van der Waals surface area contributed by atoms with Crippen molar-refractivity contribution in [3.8, 4) is 0 Å². The third-order valence-corrected chi connectivity index (χ3v) is 3.54. The summed E-state index contributed by atoms with van der Waals surface area (Å²) in [6, 6.07) is 0. The molecule has 92 valence electrons. The number of hydrogen-bond acceptors (Lipinski definition) is 4. The summed E-state index contributed by atoms with van der Waals surface area (Å²) in [5, 5.41) is 9.35. The number of aliphatic hydroxyl groups is 1. The van der Waals surface area contributed by atoms with Crippen molar-refractivity contribution < 1.29 is 13.5 Å². The average Bonchev–Trinajstić information content (AvgIpc) is 2.43. The monoisotopic (exact) mass is 245 g/mol.